The first-order valence-electron chi connectivity index (χ1n) is 10.4. The van der Waals surface area contributed by atoms with Gasteiger partial charge in [-0.3, -0.25) is 0 Å². The van der Waals surface area contributed by atoms with Gasteiger partial charge in [0.2, 0.25) is 0 Å². The summed E-state index contributed by atoms with van der Waals surface area (Å²) >= 11 is 0. The highest BCUT2D eigenvalue weighted by Gasteiger charge is 2.95. The predicted octanol–water partition coefficient (Wildman–Crippen LogP) is 8.81. The van der Waals surface area contributed by atoms with Gasteiger partial charge in [-0.2, -0.15) is 74.6 Å². The number of hydrogen-bond acceptors (Lipinski definition) is 1. The Labute approximate surface area is 209 Å². The third-order valence-corrected chi connectivity index (χ3v) is 6.04. The Hall–Kier alpha value is -2.01. The fourth-order valence-corrected chi connectivity index (χ4v) is 3.26. The molecule has 1 rings (SSSR count). The first kappa shape index (κ1) is 35.0. The predicted molar refractivity (Wildman–Crippen MR) is 100 cm³/mol. The molecule has 0 saturated heterocycles. The summed E-state index contributed by atoms with van der Waals surface area (Å²) in [5.41, 5.74) is -3.75. The number of benzene rings is 1. The summed E-state index contributed by atoms with van der Waals surface area (Å²) in [7, 11) is 0. The summed E-state index contributed by atoms with van der Waals surface area (Å²) < 4.78 is 228. The molecule has 18 heteroatoms. The third kappa shape index (κ3) is 5.25. The second-order valence-electron chi connectivity index (χ2n) is 9.03. The van der Waals surface area contributed by atoms with Gasteiger partial charge >= 0.3 is 47.6 Å². The van der Waals surface area contributed by atoms with E-state index >= 15 is 0 Å². The summed E-state index contributed by atoms with van der Waals surface area (Å²) in [6.45, 7) is 3.49. The highest BCUT2D eigenvalue weighted by Crippen LogP contribution is 2.64. The van der Waals surface area contributed by atoms with E-state index in [9.17, 15) is 79.7 Å². The van der Waals surface area contributed by atoms with E-state index in [1.54, 1.807) is 13.8 Å². The Morgan fingerprint density at radius 2 is 1.03 bits per heavy atom. The van der Waals surface area contributed by atoms with Crippen LogP contribution in [0.5, 0.6) is 0 Å². The normalized spacial score (nSPS) is 17.7. The number of hydrogen-bond donors (Lipinski definition) is 1. The van der Waals surface area contributed by atoms with E-state index in [0.29, 0.717) is 6.42 Å². The van der Waals surface area contributed by atoms with E-state index in [0.717, 1.165) is 18.2 Å². The second kappa shape index (κ2) is 9.82. The minimum atomic E-state index is -8.69. The van der Waals surface area contributed by atoms with Crippen LogP contribution < -0.4 is 0 Å². The van der Waals surface area contributed by atoms with Gasteiger partial charge in [-0.15, -0.1) is 0 Å². The van der Waals surface area contributed by atoms with E-state index in [1.165, 1.54) is 6.07 Å². The average molecular weight is 610 g/mol. The SMILES string of the molecule is CCC(C)c1cccc(C(C)(O)CC(F)(F)C(F)(F)C(F)(F)C(F)(F)C(F)(F)C(F)(F)C(F)(F)C(F)(F)F)c1. The van der Waals surface area contributed by atoms with Crippen LogP contribution in [0, 0.1) is 0 Å². The quantitative estimate of drug-likeness (QED) is 0.249. The average Bonchev–Trinajstić information content (AvgIpc) is 2.76. The lowest BCUT2D eigenvalue weighted by Gasteiger charge is -2.43. The first-order valence-corrected chi connectivity index (χ1v) is 10.4. The van der Waals surface area contributed by atoms with Gasteiger partial charge in [0.15, 0.2) is 0 Å². The molecule has 0 bridgehead atoms. The van der Waals surface area contributed by atoms with Gasteiger partial charge in [0.1, 0.15) is 0 Å². The van der Waals surface area contributed by atoms with Crippen molar-refractivity contribution < 1.29 is 79.7 Å². The van der Waals surface area contributed by atoms with E-state index in [2.05, 4.69) is 0 Å². The van der Waals surface area contributed by atoms with Crippen LogP contribution >= 0.6 is 0 Å². The molecule has 0 heterocycles. The van der Waals surface area contributed by atoms with Gasteiger partial charge in [-0.1, -0.05) is 38.1 Å². The van der Waals surface area contributed by atoms with Crippen molar-refractivity contribution in [1.82, 2.24) is 0 Å². The highest BCUT2D eigenvalue weighted by molar-refractivity contribution is 5.30. The van der Waals surface area contributed by atoms with Crippen LogP contribution in [0.15, 0.2) is 24.3 Å². The summed E-state index contributed by atoms with van der Waals surface area (Å²) in [5.74, 6) is -57.4. The molecule has 0 amide bonds. The van der Waals surface area contributed by atoms with Crippen molar-refractivity contribution in [3.63, 3.8) is 0 Å². The standard InChI is InChI=1S/C21H19F17O/c1-4-10(2)11-6-5-7-12(8-11)13(3,39)9-14(22,23)15(24,25)16(26,27)17(28,29)18(30,31)19(32,33)20(34,35)21(36,37)38/h5-8,10,39H,4,9H2,1-3H3. The van der Waals surface area contributed by atoms with E-state index < -0.39 is 65.2 Å². The van der Waals surface area contributed by atoms with Crippen LogP contribution in [0.3, 0.4) is 0 Å². The van der Waals surface area contributed by atoms with Crippen LogP contribution in [0.1, 0.15) is 50.7 Å². The van der Waals surface area contributed by atoms with Crippen LogP contribution in [0.4, 0.5) is 74.6 Å². The van der Waals surface area contributed by atoms with Crippen LogP contribution in [-0.2, 0) is 5.60 Å². The molecule has 0 spiro atoms. The summed E-state index contributed by atoms with van der Waals surface area (Å²) in [6, 6.07) is 4.14. The molecule has 1 aromatic carbocycles. The lowest BCUT2D eigenvalue weighted by molar-refractivity contribution is -0.462. The zero-order chi connectivity index (χ0) is 31.5. The Morgan fingerprint density at radius 3 is 1.41 bits per heavy atom. The molecule has 2 atom stereocenters. The molecule has 0 fully saturated rings. The fourth-order valence-electron chi connectivity index (χ4n) is 3.26. The monoisotopic (exact) mass is 610 g/mol. The fraction of sp³-hybridized carbons (Fsp3) is 0.714. The minimum absolute atomic E-state index is 0.273. The van der Waals surface area contributed by atoms with Gasteiger partial charge in [0.05, 0.1) is 12.0 Å². The molecule has 1 nitrogen and oxygen atoms in total. The first-order chi connectivity index (χ1) is 16.9. The number of aliphatic hydroxyl groups is 1. The van der Waals surface area contributed by atoms with Gasteiger partial charge in [0, 0.05) is 0 Å². The summed E-state index contributed by atoms with van der Waals surface area (Å²) in [6.07, 6.45) is -10.4. The van der Waals surface area contributed by atoms with Crippen LogP contribution in [0.25, 0.3) is 0 Å². The smallest absolute Gasteiger partial charge is 0.385 e. The number of rotatable bonds is 11. The maximum atomic E-state index is 14.4. The van der Waals surface area contributed by atoms with Crippen molar-refractivity contribution in [1.29, 1.82) is 0 Å². The van der Waals surface area contributed by atoms with Crippen molar-refractivity contribution >= 4 is 0 Å². The van der Waals surface area contributed by atoms with Crippen molar-refractivity contribution in [3.05, 3.63) is 35.4 Å². The Balaban J connectivity index is 3.61. The molecule has 0 aromatic heterocycles. The lowest BCUT2D eigenvalue weighted by Crippen LogP contribution is -2.74. The van der Waals surface area contributed by atoms with Crippen molar-refractivity contribution in [2.45, 2.75) is 92.8 Å². The van der Waals surface area contributed by atoms with E-state index in [1.807, 2.05) is 0 Å². The van der Waals surface area contributed by atoms with Crippen molar-refractivity contribution in [2.75, 3.05) is 0 Å². The maximum absolute atomic E-state index is 14.4. The molecular weight excluding hydrogens is 591 g/mol. The van der Waals surface area contributed by atoms with Gasteiger partial charge in [-0.05, 0) is 30.4 Å². The number of alkyl halides is 17. The Bertz CT molecular complexity index is 1010. The largest absolute Gasteiger partial charge is 0.460 e. The molecule has 0 saturated carbocycles. The van der Waals surface area contributed by atoms with Gasteiger partial charge in [0.25, 0.3) is 0 Å². The molecule has 2 unspecified atom stereocenters. The molecule has 1 N–H and O–H groups in total. The Kier molecular flexibility index (Phi) is 8.82. The van der Waals surface area contributed by atoms with Crippen molar-refractivity contribution in [3.8, 4) is 0 Å². The third-order valence-electron chi connectivity index (χ3n) is 6.04. The molecule has 0 aliphatic heterocycles. The summed E-state index contributed by atoms with van der Waals surface area (Å²) in [4.78, 5) is 0. The molecule has 228 valence electrons. The van der Waals surface area contributed by atoms with E-state index in [-0.39, 0.29) is 18.4 Å². The topological polar surface area (TPSA) is 20.2 Å². The number of halogens is 17. The molecule has 39 heavy (non-hydrogen) atoms. The maximum Gasteiger partial charge on any atom is 0.460 e. The molecule has 0 aliphatic carbocycles. The zero-order valence-corrected chi connectivity index (χ0v) is 19.7. The van der Waals surface area contributed by atoms with Crippen LogP contribution in [0.2, 0.25) is 0 Å². The molecule has 1 aromatic rings. The molecule has 0 aliphatic rings. The molecule has 0 radical (unpaired) electrons. The lowest BCUT2D eigenvalue weighted by atomic mass is 9.82. The van der Waals surface area contributed by atoms with Gasteiger partial charge in [-0.25, -0.2) is 0 Å². The minimum Gasteiger partial charge on any atom is -0.385 e. The Morgan fingerprint density at radius 1 is 0.641 bits per heavy atom. The second-order valence-corrected chi connectivity index (χ2v) is 9.03. The van der Waals surface area contributed by atoms with Crippen molar-refractivity contribution in [2.24, 2.45) is 0 Å². The zero-order valence-electron chi connectivity index (χ0n) is 19.7. The summed E-state index contributed by atoms with van der Waals surface area (Å²) in [5, 5.41) is 10.3. The van der Waals surface area contributed by atoms with Gasteiger partial charge < -0.3 is 5.11 Å². The van der Waals surface area contributed by atoms with Crippen LogP contribution in [-0.4, -0.2) is 52.7 Å². The van der Waals surface area contributed by atoms with E-state index in [4.69, 9.17) is 0 Å². The molecular formula is C21H19F17O. The highest BCUT2D eigenvalue weighted by atomic mass is 19.4.